The Labute approximate surface area is 165 Å². The predicted octanol–water partition coefficient (Wildman–Crippen LogP) is 4.56. The van der Waals surface area contributed by atoms with Crippen LogP contribution >= 0.6 is 0 Å². The molecule has 5 heteroatoms. The van der Waals surface area contributed by atoms with Gasteiger partial charge in [0.05, 0.1) is 5.69 Å². The number of carbonyl (C=O) groups excluding carboxylic acids is 1. The number of likely N-dealkylation sites (tertiary alicyclic amines) is 1. The van der Waals surface area contributed by atoms with Crippen molar-refractivity contribution in [2.75, 3.05) is 13.1 Å². The van der Waals surface area contributed by atoms with Crippen LogP contribution in [-0.4, -0.2) is 33.3 Å². The number of fused-ring (bicyclic) bond motifs is 1. The number of amides is 1. The maximum absolute atomic E-state index is 14.0. The summed E-state index contributed by atoms with van der Waals surface area (Å²) in [5.74, 6) is 0.277. The van der Waals surface area contributed by atoms with E-state index in [0.717, 1.165) is 48.4 Å². The molecular weight excluding hydrogens is 353 g/mol. The minimum atomic E-state index is -0.285. The molecule has 1 aromatic carbocycles. The van der Waals surface area contributed by atoms with Gasteiger partial charge in [0.25, 0.3) is 0 Å². The van der Waals surface area contributed by atoms with Crippen LogP contribution in [0.5, 0.6) is 0 Å². The van der Waals surface area contributed by atoms with E-state index < -0.39 is 0 Å². The smallest absolute Gasteiger partial charge is 0.223 e. The van der Waals surface area contributed by atoms with Crippen LogP contribution in [0.2, 0.25) is 0 Å². The van der Waals surface area contributed by atoms with Crippen LogP contribution in [0.15, 0.2) is 48.8 Å². The summed E-state index contributed by atoms with van der Waals surface area (Å²) in [6.07, 6.45) is 6.20. The van der Waals surface area contributed by atoms with Crippen LogP contribution in [0.1, 0.15) is 48.9 Å². The highest BCUT2D eigenvalue weighted by Crippen LogP contribution is 2.31. The normalized spacial score (nSPS) is 16.5. The summed E-state index contributed by atoms with van der Waals surface area (Å²) in [5, 5.41) is 0. The van der Waals surface area contributed by atoms with Gasteiger partial charge < -0.3 is 9.30 Å². The molecule has 4 rings (SSSR count). The first-order valence-corrected chi connectivity index (χ1v) is 9.98. The Balaban J connectivity index is 1.70. The Morgan fingerprint density at radius 1 is 1.25 bits per heavy atom. The van der Waals surface area contributed by atoms with Crippen molar-refractivity contribution in [2.24, 2.45) is 5.92 Å². The molecule has 3 aromatic rings. The number of nitrogens with zero attached hydrogens (tertiary/aromatic N) is 3. The molecule has 0 radical (unpaired) electrons. The van der Waals surface area contributed by atoms with Gasteiger partial charge in [-0.25, -0.2) is 9.37 Å². The van der Waals surface area contributed by atoms with Crippen molar-refractivity contribution in [1.82, 2.24) is 14.3 Å². The van der Waals surface area contributed by atoms with E-state index in [1.54, 1.807) is 6.07 Å². The monoisotopic (exact) mass is 379 g/mol. The van der Waals surface area contributed by atoms with Gasteiger partial charge in [-0.2, -0.15) is 0 Å². The number of imidazole rings is 1. The molecule has 1 unspecified atom stereocenters. The molecule has 0 N–H and O–H groups in total. The van der Waals surface area contributed by atoms with Crippen LogP contribution < -0.4 is 0 Å². The number of halogens is 1. The molecule has 3 heterocycles. The van der Waals surface area contributed by atoms with E-state index in [0.29, 0.717) is 12.3 Å². The Bertz CT molecular complexity index is 988. The zero-order valence-corrected chi connectivity index (χ0v) is 16.4. The van der Waals surface area contributed by atoms with Crippen LogP contribution in [0.4, 0.5) is 4.39 Å². The first kappa shape index (κ1) is 18.7. The summed E-state index contributed by atoms with van der Waals surface area (Å²) in [6.45, 7) is 5.87. The summed E-state index contributed by atoms with van der Waals surface area (Å²) in [7, 11) is 0. The van der Waals surface area contributed by atoms with Gasteiger partial charge >= 0.3 is 0 Å². The fourth-order valence-corrected chi connectivity index (χ4v) is 4.11. The van der Waals surface area contributed by atoms with E-state index >= 15 is 0 Å². The van der Waals surface area contributed by atoms with Crippen molar-refractivity contribution in [3.63, 3.8) is 0 Å². The second-order valence-electron chi connectivity index (χ2n) is 7.94. The average molecular weight is 379 g/mol. The minimum absolute atomic E-state index is 0.128. The summed E-state index contributed by atoms with van der Waals surface area (Å²) >= 11 is 0. The number of rotatable bonds is 4. The van der Waals surface area contributed by atoms with Crippen molar-refractivity contribution in [1.29, 1.82) is 0 Å². The molecule has 4 nitrogen and oxygen atoms in total. The molecule has 146 valence electrons. The van der Waals surface area contributed by atoms with Gasteiger partial charge in [-0.15, -0.1) is 0 Å². The Kier molecular flexibility index (Phi) is 5.16. The Morgan fingerprint density at radius 3 is 2.79 bits per heavy atom. The third-order valence-corrected chi connectivity index (χ3v) is 5.88. The van der Waals surface area contributed by atoms with Crippen molar-refractivity contribution in [3.8, 4) is 0 Å². The number of benzene rings is 1. The highest BCUT2D eigenvalue weighted by molar-refractivity contribution is 5.78. The number of hydrogen-bond acceptors (Lipinski definition) is 2. The van der Waals surface area contributed by atoms with Crippen molar-refractivity contribution < 1.29 is 9.18 Å². The van der Waals surface area contributed by atoms with Gasteiger partial charge in [0, 0.05) is 37.8 Å². The highest BCUT2D eigenvalue weighted by atomic mass is 19.1. The molecule has 1 aliphatic rings. The second-order valence-corrected chi connectivity index (χ2v) is 7.94. The number of pyridine rings is 1. The molecule has 1 atom stereocenters. The predicted molar refractivity (Wildman–Crippen MR) is 108 cm³/mol. The Morgan fingerprint density at radius 2 is 2.04 bits per heavy atom. The maximum atomic E-state index is 14.0. The van der Waals surface area contributed by atoms with E-state index in [-0.39, 0.29) is 17.6 Å². The van der Waals surface area contributed by atoms with E-state index in [2.05, 4.69) is 11.9 Å². The number of piperidine rings is 1. The fraction of sp³-hybridized carbons (Fsp3) is 0.391. The third kappa shape index (κ3) is 3.66. The van der Waals surface area contributed by atoms with Gasteiger partial charge in [-0.1, -0.05) is 25.1 Å². The number of aromatic nitrogens is 2. The molecule has 0 saturated carbocycles. The molecule has 1 saturated heterocycles. The molecule has 28 heavy (non-hydrogen) atoms. The molecule has 1 aliphatic heterocycles. The van der Waals surface area contributed by atoms with Gasteiger partial charge in [0.2, 0.25) is 5.91 Å². The maximum Gasteiger partial charge on any atom is 0.223 e. The molecule has 0 aliphatic carbocycles. The van der Waals surface area contributed by atoms with Crippen LogP contribution in [0.3, 0.4) is 0 Å². The van der Waals surface area contributed by atoms with Crippen LogP contribution in [0.25, 0.3) is 5.65 Å². The number of aryl methyl sites for hydroxylation is 1. The lowest BCUT2D eigenvalue weighted by Gasteiger charge is -2.31. The van der Waals surface area contributed by atoms with Crippen molar-refractivity contribution >= 4 is 11.6 Å². The number of carbonyl (C=O) groups is 1. The van der Waals surface area contributed by atoms with Gasteiger partial charge in [-0.05, 0) is 55.0 Å². The zero-order valence-electron chi connectivity index (χ0n) is 16.4. The van der Waals surface area contributed by atoms with Gasteiger partial charge in [-0.3, -0.25) is 4.79 Å². The summed E-state index contributed by atoms with van der Waals surface area (Å²) in [5.41, 5.74) is 3.67. The molecule has 1 amide bonds. The fourth-order valence-electron chi connectivity index (χ4n) is 4.11. The quantitative estimate of drug-likeness (QED) is 0.666. The third-order valence-electron chi connectivity index (χ3n) is 5.88. The number of hydrogen-bond donors (Lipinski definition) is 0. The first-order chi connectivity index (χ1) is 13.5. The molecular formula is C23H26FN3O. The molecule has 1 fully saturated rings. The van der Waals surface area contributed by atoms with Crippen LogP contribution in [-0.2, 0) is 4.79 Å². The highest BCUT2D eigenvalue weighted by Gasteiger charge is 2.27. The van der Waals surface area contributed by atoms with Gasteiger partial charge in [0.15, 0.2) is 0 Å². The SMILES string of the molecule is Cc1cccn2c(C(CC(=O)N3CCC(C)CC3)c3cccc(F)c3)cnc12. The Hall–Kier alpha value is -2.69. The van der Waals surface area contributed by atoms with Crippen molar-refractivity contribution in [3.05, 3.63) is 71.4 Å². The lowest BCUT2D eigenvalue weighted by molar-refractivity contribution is -0.132. The lowest BCUT2D eigenvalue weighted by atomic mass is 9.91. The molecule has 0 spiro atoms. The van der Waals surface area contributed by atoms with E-state index in [1.807, 2.05) is 46.8 Å². The van der Waals surface area contributed by atoms with Crippen LogP contribution in [0, 0.1) is 18.7 Å². The first-order valence-electron chi connectivity index (χ1n) is 9.98. The standard InChI is InChI=1S/C23H26FN3O/c1-16-8-11-26(12-9-16)22(28)14-20(18-6-3-7-19(24)13-18)21-15-25-23-17(2)5-4-10-27(21)23/h3-7,10,13,15-16,20H,8-9,11-12,14H2,1-2H3. The molecule has 2 aromatic heterocycles. The molecule has 0 bridgehead atoms. The van der Waals surface area contributed by atoms with Gasteiger partial charge in [0.1, 0.15) is 11.5 Å². The van der Waals surface area contributed by atoms with E-state index in [9.17, 15) is 9.18 Å². The second kappa shape index (κ2) is 7.74. The van der Waals surface area contributed by atoms with Crippen molar-refractivity contribution in [2.45, 2.75) is 39.0 Å². The van der Waals surface area contributed by atoms with E-state index in [1.165, 1.54) is 12.1 Å². The summed E-state index contributed by atoms with van der Waals surface area (Å²) in [4.78, 5) is 19.6. The average Bonchev–Trinajstić information content (AvgIpc) is 3.12. The lowest BCUT2D eigenvalue weighted by Crippen LogP contribution is -2.38. The van der Waals surface area contributed by atoms with E-state index in [4.69, 9.17) is 0 Å². The summed E-state index contributed by atoms with van der Waals surface area (Å²) in [6, 6.07) is 10.6. The largest absolute Gasteiger partial charge is 0.343 e. The zero-order chi connectivity index (χ0) is 19.7. The topological polar surface area (TPSA) is 37.6 Å². The minimum Gasteiger partial charge on any atom is -0.343 e. The summed E-state index contributed by atoms with van der Waals surface area (Å²) < 4.78 is 16.0.